The number of benzene rings is 1. The molecule has 21 heavy (non-hydrogen) atoms. The summed E-state index contributed by atoms with van der Waals surface area (Å²) in [6.07, 6.45) is 5.38. The highest BCUT2D eigenvalue weighted by molar-refractivity contribution is 8.02. The molecule has 7 heteroatoms. The fraction of sp³-hybridized carbons (Fsp3) is 0.143. The van der Waals surface area contributed by atoms with E-state index in [2.05, 4.69) is 15.3 Å². The van der Waals surface area contributed by atoms with E-state index in [1.807, 2.05) is 6.26 Å². The maximum atomic E-state index is 13.5. The smallest absolute Gasteiger partial charge is 0.189 e. The second kappa shape index (κ2) is 7.42. The second-order valence-electron chi connectivity index (χ2n) is 3.91. The lowest BCUT2D eigenvalue weighted by Crippen LogP contribution is -1.98. The largest absolute Gasteiger partial charge is 0.373 e. The van der Waals surface area contributed by atoms with Gasteiger partial charge in [-0.05, 0) is 29.9 Å². The molecule has 0 bridgehead atoms. The number of anilines is 1. The van der Waals surface area contributed by atoms with Gasteiger partial charge in [0.15, 0.2) is 5.16 Å². The van der Waals surface area contributed by atoms with Gasteiger partial charge in [0.2, 0.25) is 0 Å². The first-order chi connectivity index (χ1) is 10.1. The Kier molecular flexibility index (Phi) is 5.58. The SMILES string of the molecule is CNc1nc(SC)ncc1/C=C/Sc1ccc(F)cc1F. The highest BCUT2D eigenvalue weighted by atomic mass is 32.2. The lowest BCUT2D eigenvalue weighted by atomic mass is 10.3. The van der Waals surface area contributed by atoms with Crippen LogP contribution in [-0.2, 0) is 0 Å². The van der Waals surface area contributed by atoms with Crippen LogP contribution in [0.2, 0.25) is 0 Å². The van der Waals surface area contributed by atoms with Gasteiger partial charge in [-0.1, -0.05) is 23.5 Å². The average Bonchev–Trinajstić information content (AvgIpc) is 2.49. The Morgan fingerprint density at radius 3 is 2.76 bits per heavy atom. The quantitative estimate of drug-likeness (QED) is 0.656. The molecule has 0 amide bonds. The van der Waals surface area contributed by atoms with Crippen molar-refractivity contribution >= 4 is 35.4 Å². The fourth-order valence-electron chi connectivity index (χ4n) is 1.55. The standard InChI is InChI=1S/C14H13F2N3S2/c1-17-13-9(8-18-14(19-13)20-2)5-6-21-12-4-3-10(15)7-11(12)16/h3-8H,1-2H3,(H,17,18,19)/b6-5+. The van der Waals surface area contributed by atoms with Crippen molar-refractivity contribution in [3.63, 3.8) is 0 Å². The Balaban J connectivity index is 2.14. The molecule has 3 nitrogen and oxygen atoms in total. The van der Waals surface area contributed by atoms with Gasteiger partial charge in [-0.3, -0.25) is 0 Å². The summed E-state index contributed by atoms with van der Waals surface area (Å²) in [5.74, 6) is -0.461. The minimum Gasteiger partial charge on any atom is -0.373 e. The minimum absolute atomic E-state index is 0.361. The highest BCUT2D eigenvalue weighted by Crippen LogP contribution is 2.25. The lowest BCUT2D eigenvalue weighted by Gasteiger charge is -2.05. The molecule has 0 fully saturated rings. The number of thioether (sulfide) groups is 2. The molecule has 1 heterocycles. The molecule has 0 spiro atoms. The summed E-state index contributed by atoms with van der Waals surface area (Å²) >= 11 is 2.62. The van der Waals surface area contributed by atoms with Crippen molar-refractivity contribution in [3.05, 3.63) is 47.0 Å². The average molecular weight is 325 g/mol. The summed E-state index contributed by atoms with van der Waals surface area (Å²) in [5.41, 5.74) is 0.797. The van der Waals surface area contributed by atoms with Gasteiger partial charge in [0, 0.05) is 29.8 Å². The van der Waals surface area contributed by atoms with Crippen molar-refractivity contribution in [1.29, 1.82) is 0 Å². The third-order valence-electron chi connectivity index (χ3n) is 2.55. The molecule has 1 N–H and O–H groups in total. The number of hydrogen-bond donors (Lipinski definition) is 1. The summed E-state index contributed by atoms with van der Waals surface area (Å²) in [4.78, 5) is 8.87. The van der Waals surface area contributed by atoms with Gasteiger partial charge in [-0.15, -0.1) is 0 Å². The Morgan fingerprint density at radius 1 is 1.29 bits per heavy atom. The molecule has 0 unspecified atom stereocenters. The number of nitrogens with zero attached hydrogens (tertiary/aromatic N) is 2. The topological polar surface area (TPSA) is 37.8 Å². The third kappa shape index (κ3) is 4.18. The summed E-state index contributed by atoms with van der Waals surface area (Å²) < 4.78 is 26.3. The van der Waals surface area contributed by atoms with E-state index < -0.39 is 11.6 Å². The van der Waals surface area contributed by atoms with Crippen LogP contribution in [0.1, 0.15) is 5.56 Å². The Labute approximate surface area is 130 Å². The zero-order valence-electron chi connectivity index (χ0n) is 11.4. The summed E-state index contributed by atoms with van der Waals surface area (Å²) in [5, 5.41) is 5.38. The van der Waals surface area contributed by atoms with Crippen LogP contribution in [0.4, 0.5) is 14.6 Å². The van der Waals surface area contributed by atoms with Crippen molar-refractivity contribution < 1.29 is 8.78 Å². The van der Waals surface area contributed by atoms with Crippen LogP contribution in [0, 0.1) is 11.6 Å². The predicted molar refractivity (Wildman–Crippen MR) is 84.6 cm³/mol. The Hall–Kier alpha value is -1.60. The van der Waals surface area contributed by atoms with Crippen LogP contribution in [0.5, 0.6) is 0 Å². The Morgan fingerprint density at radius 2 is 2.10 bits per heavy atom. The van der Waals surface area contributed by atoms with Crippen molar-refractivity contribution in [3.8, 4) is 0 Å². The first-order valence-corrected chi connectivity index (χ1v) is 8.11. The number of hydrogen-bond acceptors (Lipinski definition) is 5. The van der Waals surface area contributed by atoms with Crippen molar-refractivity contribution in [2.45, 2.75) is 10.1 Å². The van der Waals surface area contributed by atoms with E-state index in [0.717, 1.165) is 11.6 Å². The maximum absolute atomic E-state index is 13.5. The van der Waals surface area contributed by atoms with Crippen LogP contribution in [0.3, 0.4) is 0 Å². The van der Waals surface area contributed by atoms with Crippen molar-refractivity contribution in [1.82, 2.24) is 9.97 Å². The van der Waals surface area contributed by atoms with E-state index in [-0.39, 0.29) is 0 Å². The first-order valence-electron chi connectivity index (χ1n) is 6.01. The van der Waals surface area contributed by atoms with E-state index in [0.29, 0.717) is 15.9 Å². The molecule has 1 aromatic heterocycles. The first kappa shape index (κ1) is 15.8. The molecular weight excluding hydrogens is 312 g/mol. The molecule has 110 valence electrons. The zero-order valence-corrected chi connectivity index (χ0v) is 13.1. The summed E-state index contributed by atoms with van der Waals surface area (Å²) in [6, 6.07) is 3.51. The van der Waals surface area contributed by atoms with Gasteiger partial charge in [-0.2, -0.15) is 0 Å². The molecule has 0 radical (unpaired) electrons. The summed E-state index contributed by atoms with van der Waals surface area (Å²) in [6.45, 7) is 0. The minimum atomic E-state index is -0.584. The molecule has 0 saturated heterocycles. The van der Waals surface area contributed by atoms with Gasteiger partial charge in [0.25, 0.3) is 0 Å². The van der Waals surface area contributed by atoms with Crippen LogP contribution in [-0.4, -0.2) is 23.3 Å². The van der Waals surface area contributed by atoms with Crippen LogP contribution in [0.25, 0.3) is 6.08 Å². The van der Waals surface area contributed by atoms with E-state index >= 15 is 0 Å². The lowest BCUT2D eigenvalue weighted by molar-refractivity contribution is 0.566. The molecule has 2 aromatic rings. The van der Waals surface area contributed by atoms with Gasteiger partial charge in [0.1, 0.15) is 17.5 Å². The van der Waals surface area contributed by atoms with E-state index in [4.69, 9.17) is 0 Å². The third-order valence-corrected chi connectivity index (χ3v) is 3.97. The second-order valence-corrected chi connectivity index (χ2v) is 5.63. The van der Waals surface area contributed by atoms with Crippen LogP contribution < -0.4 is 5.32 Å². The van der Waals surface area contributed by atoms with E-state index in [1.54, 1.807) is 24.7 Å². The molecular formula is C14H13F2N3S2. The van der Waals surface area contributed by atoms with Crippen molar-refractivity contribution in [2.24, 2.45) is 0 Å². The molecule has 0 atom stereocenters. The molecule has 0 saturated carbocycles. The van der Waals surface area contributed by atoms with E-state index in [9.17, 15) is 8.78 Å². The van der Waals surface area contributed by atoms with E-state index in [1.165, 1.54) is 35.7 Å². The molecule has 2 rings (SSSR count). The number of aromatic nitrogens is 2. The number of rotatable bonds is 5. The highest BCUT2D eigenvalue weighted by Gasteiger charge is 2.04. The predicted octanol–water partition coefficient (Wildman–Crippen LogP) is 4.28. The van der Waals surface area contributed by atoms with Gasteiger partial charge in [-0.25, -0.2) is 18.7 Å². The monoisotopic (exact) mass is 325 g/mol. The molecule has 0 aliphatic heterocycles. The molecule has 0 aliphatic carbocycles. The molecule has 0 aliphatic rings. The fourth-order valence-corrected chi connectivity index (χ4v) is 2.57. The number of nitrogens with one attached hydrogen (secondary N) is 1. The van der Waals surface area contributed by atoms with Crippen molar-refractivity contribution in [2.75, 3.05) is 18.6 Å². The van der Waals surface area contributed by atoms with Crippen LogP contribution >= 0.6 is 23.5 Å². The van der Waals surface area contributed by atoms with Gasteiger partial charge < -0.3 is 5.32 Å². The maximum Gasteiger partial charge on any atom is 0.189 e. The van der Waals surface area contributed by atoms with Gasteiger partial charge in [0.05, 0.1) is 0 Å². The number of halogens is 2. The normalized spacial score (nSPS) is 11.0. The Bertz CT molecular complexity index is 663. The van der Waals surface area contributed by atoms with Crippen LogP contribution in [0.15, 0.2) is 39.9 Å². The summed E-state index contributed by atoms with van der Waals surface area (Å²) in [7, 11) is 1.77. The van der Waals surface area contributed by atoms with Gasteiger partial charge >= 0.3 is 0 Å². The zero-order chi connectivity index (χ0) is 15.2. The molecule has 1 aromatic carbocycles.